The molecular formula is C8H13NO4. The highest BCUT2D eigenvalue weighted by Gasteiger charge is 2.23. The number of rotatable bonds is 0. The van der Waals surface area contributed by atoms with Crippen molar-refractivity contribution in [1.82, 2.24) is 0 Å². The van der Waals surface area contributed by atoms with E-state index in [9.17, 15) is 9.59 Å². The highest BCUT2D eigenvalue weighted by Crippen LogP contribution is 2.05. The van der Waals surface area contributed by atoms with Gasteiger partial charge in [-0.05, 0) is 0 Å². The fourth-order valence-electron chi connectivity index (χ4n) is 0.937. The highest BCUT2D eigenvalue weighted by molar-refractivity contribution is 5.82. The van der Waals surface area contributed by atoms with Crippen LogP contribution in [0.3, 0.4) is 0 Å². The summed E-state index contributed by atoms with van der Waals surface area (Å²) in [6.45, 7) is 2.36. The summed E-state index contributed by atoms with van der Waals surface area (Å²) in [6.07, 6.45) is -0.106. The third-order valence-electron chi connectivity index (χ3n) is 1.73. The Morgan fingerprint density at radius 2 is 1.92 bits per heavy atom. The van der Waals surface area contributed by atoms with Gasteiger partial charge in [-0.15, -0.1) is 0 Å². The summed E-state index contributed by atoms with van der Waals surface area (Å²) in [6, 6.07) is -0.891. The Kier molecular flexibility index (Phi) is 3.25. The quantitative estimate of drug-likeness (QED) is 0.514. The number of hydrogen-bond donors (Lipinski definition) is 1. The number of carbonyl (C=O) groups is 2. The van der Waals surface area contributed by atoms with E-state index >= 15 is 0 Å². The van der Waals surface area contributed by atoms with Gasteiger partial charge < -0.3 is 15.2 Å². The van der Waals surface area contributed by atoms with Crippen molar-refractivity contribution in [3.63, 3.8) is 0 Å². The molecule has 0 amide bonds. The van der Waals surface area contributed by atoms with Crippen molar-refractivity contribution >= 4 is 11.9 Å². The predicted molar refractivity (Wildman–Crippen MR) is 43.7 cm³/mol. The van der Waals surface area contributed by atoms with Crippen molar-refractivity contribution in [3.05, 3.63) is 0 Å². The predicted octanol–water partition coefficient (Wildman–Crippen LogP) is -0.560. The largest absolute Gasteiger partial charge is 0.465 e. The van der Waals surface area contributed by atoms with Crippen molar-refractivity contribution in [1.29, 1.82) is 0 Å². The highest BCUT2D eigenvalue weighted by atomic mass is 16.6. The summed E-state index contributed by atoms with van der Waals surface area (Å²) in [4.78, 5) is 22.0. The number of cyclic esters (lactones) is 2. The number of nitrogens with two attached hydrogens (primary N) is 1. The second kappa shape index (κ2) is 4.23. The lowest BCUT2D eigenvalue weighted by Gasteiger charge is -2.09. The Morgan fingerprint density at radius 1 is 1.31 bits per heavy atom. The van der Waals surface area contributed by atoms with Crippen LogP contribution in [-0.4, -0.2) is 31.2 Å². The van der Waals surface area contributed by atoms with Gasteiger partial charge in [-0.3, -0.25) is 9.59 Å². The first-order valence-corrected chi connectivity index (χ1v) is 4.17. The van der Waals surface area contributed by atoms with Crippen LogP contribution in [0.2, 0.25) is 0 Å². The molecule has 1 aliphatic rings. The summed E-state index contributed by atoms with van der Waals surface area (Å²) >= 11 is 0. The summed E-state index contributed by atoms with van der Waals surface area (Å²) in [5.41, 5.74) is 5.38. The van der Waals surface area contributed by atoms with E-state index in [0.717, 1.165) is 0 Å². The summed E-state index contributed by atoms with van der Waals surface area (Å²) in [7, 11) is 0. The molecule has 0 spiro atoms. The van der Waals surface area contributed by atoms with Crippen LogP contribution in [-0.2, 0) is 19.1 Å². The summed E-state index contributed by atoms with van der Waals surface area (Å²) in [5.74, 6) is -0.956. The topological polar surface area (TPSA) is 78.6 Å². The van der Waals surface area contributed by atoms with Crippen LogP contribution < -0.4 is 5.73 Å². The normalized spacial score (nSPS) is 30.9. The van der Waals surface area contributed by atoms with Crippen LogP contribution >= 0.6 is 0 Å². The van der Waals surface area contributed by atoms with E-state index in [1.807, 2.05) is 6.92 Å². The van der Waals surface area contributed by atoms with Gasteiger partial charge in [0.25, 0.3) is 0 Å². The average molecular weight is 187 g/mol. The molecule has 1 rings (SSSR count). The molecule has 5 nitrogen and oxygen atoms in total. The fraction of sp³-hybridized carbons (Fsp3) is 0.750. The Morgan fingerprint density at radius 3 is 2.62 bits per heavy atom. The molecule has 1 aliphatic heterocycles. The third kappa shape index (κ3) is 3.02. The Balaban J connectivity index is 2.59. The molecule has 0 saturated carbocycles. The lowest BCUT2D eigenvalue weighted by atomic mass is 10.2. The lowest BCUT2D eigenvalue weighted by molar-refractivity contribution is -0.148. The second-order valence-corrected chi connectivity index (χ2v) is 3.23. The molecule has 2 unspecified atom stereocenters. The Labute approximate surface area is 76.2 Å². The van der Waals surface area contributed by atoms with Crippen LogP contribution in [0.15, 0.2) is 0 Å². The van der Waals surface area contributed by atoms with Crippen molar-refractivity contribution < 1.29 is 19.1 Å². The number of esters is 2. The molecule has 2 atom stereocenters. The smallest absolute Gasteiger partial charge is 0.323 e. The summed E-state index contributed by atoms with van der Waals surface area (Å²) < 4.78 is 9.68. The van der Waals surface area contributed by atoms with E-state index in [2.05, 4.69) is 0 Å². The minimum absolute atomic E-state index is 0.0261. The van der Waals surface area contributed by atoms with Gasteiger partial charge in [-0.1, -0.05) is 6.92 Å². The maximum atomic E-state index is 11.1. The fourth-order valence-corrected chi connectivity index (χ4v) is 0.937. The number of ether oxygens (including phenoxy) is 2. The lowest BCUT2D eigenvalue weighted by Crippen LogP contribution is -2.34. The maximum absolute atomic E-state index is 11.1. The van der Waals surface area contributed by atoms with E-state index < -0.39 is 18.0 Å². The zero-order chi connectivity index (χ0) is 9.84. The molecule has 2 N–H and O–H groups in total. The van der Waals surface area contributed by atoms with Crippen LogP contribution in [0.4, 0.5) is 0 Å². The molecule has 0 radical (unpaired) electrons. The van der Waals surface area contributed by atoms with E-state index in [-0.39, 0.29) is 25.6 Å². The molecule has 1 saturated heterocycles. The van der Waals surface area contributed by atoms with Crippen molar-refractivity contribution in [2.24, 2.45) is 11.7 Å². The number of hydrogen-bond acceptors (Lipinski definition) is 5. The van der Waals surface area contributed by atoms with Gasteiger partial charge in [0.2, 0.25) is 0 Å². The zero-order valence-electron chi connectivity index (χ0n) is 7.49. The maximum Gasteiger partial charge on any atom is 0.323 e. The molecule has 0 aromatic carbocycles. The van der Waals surface area contributed by atoms with Crippen LogP contribution in [0.1, 0.15) is 13.3 Å². The van der Waals surface area contributed by atoms with Gasteiger partial charge in [-0.2, -0.15) is 0 Å². The van der Waals surface area contributed by atoms with Crippen molar-refractivity contribution in [2.75, 3.05) is 13.2 Å². The molecule has 13 heavy (non-hydrogen) atoms. The van der Waals surface area contributed by atoms with E-state index in [0.29, 0.717) is 0 Å². The standard InChI is InChI=1S/C8H13NO4/c1-5-3-12-7(10)2-6(9)8(11)13-4-5/h5-6H,2-4,9H2,1H3. The minimum atomic E-state index is -0.891. The molecule has 5 heteroatoms. The van der Waals surface area contributed by atoms with Crippen LogP contribution in [0.25, 0.3) is 0 Å². The Hall–Kier alpha value is -1.10. The van der Waals surface area contributed by atoms with Gasteiger partial charge >= 0.3 is 11.9 Å². The van der Waals surface area contributed by atoms with Crippen molar-refractivity contribution in [3.8, 4) is 0 Å². The molecule has 0 aromatic rings. The summed E-state index contributed by atoms with van der Waals surface area (Å²) in [5, 5.41) is 0. The van der Waals surface area contributed by atoms with Gasteiger partial charge in [0.15, 0.2) is 0 Å². The van der Waals surface area contributed by atoms with Gasteiger partial charge in [0.05, 0.1) is 19.6 Å². The van der Waals surface area contributed by atoms with E-state index in [1.54, 1.807) is 0 Å². The molecule has 74 valence electrons. The minimum Gasteiger partial charge on any atom is -0.465 e. The molecule has 1 fully saturated rings. The van der Waals surface area contributed by atoms with Crippen molar-refractivity contribution in [2.45, 2.75) is 19.4 Å². The molecular weight excluding hydrogens is 174 g/mol. The average Bonchev–Trinajstić information content (AvgIpc) is 2.13. The monoisotopic (exact) mass is 187 g/mol. The Bertz CT molecular complexity index is 216. The van der Waals surface area contributed by atoms with Gasteiger partial charge in [-0.25, -0.2) is 0 Å². The van der Waals surface area contributed by atoms with E-state index in [4.69, 9.17) is 15.2 Å². The SMILES string of the molecule is CC1COC(=O)CC(N)C(=O)OC1. The molecule has 1 heterocycles. The van der Waals surface area contributed by atoms with Gasteiger partial charge in [0, 0.05) is 5.92 Å². The molecule has 0 aliphatic carbocycles. The van der Waals surface area contributed by atoms with Crippen LogP contribution in [0, 0.1) is 5.92 Å². The van der Waals surface area contributed by atoms with E-state index in [1.165, 1.54) is 0 Å². The zero-order valence-corrected chi connectivity index (χ0v) is 7.49. The second-order valence-electron chi connectivity index (χ2n) is 3.23. The molecule has 0 bridgehead atoms. The van der Waals surface area contributed by atoms with Gasteiger partial charge in [0.1, 0.15) is 6.04 Å². The molecule has 0 aromatic heterocycles. The third-order valence-corrected chi connectivity index (χ3v) is 1.73. The first-order valence-electron chi connectivity index (χ1n) is 4.17. The number of carbonyl (C=O) groups excluding carboxylic acids is 2. The van der Waals surface area contributed by atoms with Crippen LogP contribution in [0.5, 0.6) is 0 Å². The first-order chi connectivity index (χ1) is 6.09. The first kappa shape index (κ1) is 9.98.